The average Bonchev–Trinajstić information content (AvgIpc) is 2.99. The maximum absolute atomic E-state index is 12.0. The van der Waals surface area contributed by atoms with E-state index in [1.807, 2.05) is 37.3 Å². The number of ether oxygens (including phenoxy) is 1. The molecular formula is C20H23N3O2. The van der Waals surface area contributed by atoms with Crippen LogP contribution in [-0.2, 0) is 17.6 Å². The predicted molar refractivity (Wildman–Crippen MR) is 98.9 cm³/mol. The molecule has 0 saturated carbocycles. The SMILES string of the molecule is COc1cccc(CCC(=O)NCCc2ccc3nc(C)[nH]c3c2)c1. The lowest BCUT2D eigenvalue weighted by Crippen LogP contribution is -2.25. The number of hydrogen-bond acceptors (Lipinski definition) is 3. The normalized spacial score (nSPS) is 10.8. The van der Waals surface area contributed by atoms with E-state index >= 15 is 0 Å². The van der Waals surface area contributed by atoms with Crippen molar-refractivity contribution in [2.24, 2.45) is 0 Å². The first kappa shape index (κ1) is 17.0. The van der Waals surface area contributed by atoms with Crippen LogP contribution in [0.5, 0.6) is 5.75 Å². The summed E-state index contributed by atoms with van der Waals surface area (Å²) in [5.41, 5.74) is 4.31. The van der Waals surface area contributed by atoms with Crippen molar-refractivity contribution in [2.45, 2.75) is 26.2 Å². The molecule has 0 bridgehead atoms. The minimum absolute atomic E-state index is 0.0706. The zero-order valence-electron chi connectivity index (χ0n) is 14.6. The Kier molecular flexibility index (Phi) is 5.33. The topological polar surface area (TPSA) is 67.0 Å². The third-order valence-corrected chi connectivity index (χ3v) is 4.18. The van der Waals surface area contributed by atoms with Crippen molar-refractivity contribution in [3.63, 3.8) is 0 Å². The van der Waals surface area contributed by atoms with E-state index in [0.717, 1.165) is 34.6 Å². The third kappa shape index (κ3) is 4.59. The van der Waals surface area contributed by atoms with Gasteiger partial charge in [0.05, 0.1) is 18.1 Å². The van der Waals surface area contributed by atoms with Gasteiger partial charge in [-0.25, -0.2) is 4.98 Å². The molecule has 5 heteroatoms. The van der Waals surface area contributed by atoms with Crippen LogP contribution < -0.4 is 10.1 Å². The number of nitrogens with zero attached hydrogens (tertiary/aromatic N) is 1. The van der Waals surface area contributed by atoms with E-state index in [4.69, 9.17) is 4.74 Å². The molecule has 25 heavy (non-hydrogen) atoms. The molecule has 0 fully saturated rings. The van der Waals surface area contributed by atoms with Crippen LogP contribution in [0.2, 0.25) is 0 Å². The van der Waals surface area contributed by atoms with E-state index in [-0.39, 0.29) is 5.91 Å². The molecule has 0 aliphatic carbocycles. The molecular weight excluding hydrogens is 314 g/mol. The van der Waals surface area contributed by atoms with Gasteiger partial charge in [-0.1, -0.05) is 18.2 Å². The number of benzene rings is 2. The molecule has 0 spiro atoms. The van der Waals surface area contributed by atoms with Crippen LogP contribution in [-0.4, -0.2) is 29.5 Å². The summed E-state index contributed by atoms with van der Waals surface area (Å²) in [6, 6.07) is 14.0. The van der Waals surface area contributed by atoms with Gasteiger partial charge in [-0.15, -0.1) is 0 Å². The highest BCUT2D eigenvalue weighted by Crippen LogP contribution is 2.15. The van der Waals surface area contributed by atoms with Gasteiger partial charge in [0.25, 0.3) is 0 Å². The number of carbonyl (C=O) groups excluding carboxylic acids is 1. The fourth-order valence-corrected chi connectivity index (χ4v) is 2.86. The Morgan fingerprint density at radius 3 is 2.84 bits per heavy atom. The van der Waals surface area contributed by atoms with Crippen molar-refractivity contribution in [2.75, 3.05) is 13.7 Å². The summed E-state index contributed by atoms with van der Waals surface area (Å²) in [7, 11) is 1.65. The largest absolute Gasteiger partial charge is 0.497 e. The van der Waals surface area contributed by atoms with E-state index in [1.165, 1.54) is 5.56 Å². The van der Waals surface area contributed by atoms with E-state index in [2.05, 4.69) is 27.4 Å². The van der Waals surface area contributed by atoms with Crippen LogP contribution in [0, 0.1) is 6.92 Å². The lowest BCUT2D eigenvalue weighted by molar-refractivity contribution is -0.121. The molecule has 130 valence electrons. The molecule has 0 saturated heterocycles. The van der Waals surface area contributed by atoms with Crippen molar-refractivity contribution in [1.82, 2.24) is 15.3 Å². The van der Waals surface area contributed by atoms with Gasteiger partial charge in [0.2, 0.25) is 5.91 Å². The Bertz CT molecular complexity index is 870. The maximum atomic E-state index is 12.0. The molecule has 3 rings (SSSR count). The molecule has 1 heterocycles. The van der Waals surface area contributed by atoms with Gasteiger partial charge in [-0.05, 0) is 55.2 Å². The van der Waals surface area contributed by atoms with Crippen molar-refractivity contribution >= 4 is 16.9 Å². The smallest absolute Gasteiger partial charge is 0.220 e. The summed E-state index contributed by atoms with van der Waals surface area (Å²) in [4.78, 5) is 19.6. The van der Waals surface area contributed by atoms with Gasteiger partial charge >= 0.3 is 0 Å². The Morgan fingerprint density at radius 2 is 2.00 bits per heavy atom. The second-order valence-corrected chi connectivity index (χ2v) is 6.13. The lowest BCUT2D eigenvalue weighted by atomic mass is 10.1. The number of aromatic nitrogens is 2. The number of methoxy groups -OCH3 is 1. The van der Waals surface area contributed by atoms with Crippen LogP contribution >= 0.6 is 0 Å². The van der Waals surface area contributed by atoms with Crippen LogP contribution in [0.3, 0.4) is 0 Å². The second-order valence-electron chi connectivity index (χ2n) is 6.13. The number of aryl methyl sites for hydroxylation is 2. The summed E-state index contributed by atoms with van der Waals surface area (Å²) in [6.45, 7) is 2.58. The number of aromatic amines is 1. The predicted octanol–water partition coefficient (Wildman–Crippen LogP) is 3.17. The summed E-state index contributed by atoms with van der Waals surface area (Å²) in [5, 5.41) is 2.99. The van der Waals surface area contributed by atoms with E-state index in [9.17, 15) is 4.79 Å². The molecule has 2 aromatic carbocycles. The van der Waals surface area contributed by atoms with E-state index in [1.54, 1.807) is 7.11 Å². The number of hydrogen-bond donors (Lipinski definition) is 2. The molecule has 0 atom stereocenters. The first-order valence-corrected chi connectivity index (χ1v) is 8.49. The van der Waals surface area contributed by atoms with Crippen LogP contribution in [0.25, 0.3) is 11.0 Å². The zero-order valence-corrected chi connectivity index (χ0v) is 14.6. The molecule has 2 N–H and O–H groups in total. The van der Waals surface area contributed by atoms with Crippen LogP contribution in [0.1, 0.15) is 23.4 Å². The standard InChI is InChI=1S/C20H23N3O2/c1-14-22-18-8-6-16(13-19(18)23-14)10-11-21-20(24)9-7-15-4-3-5-17(12-15)25-2/h3-6,8,12-13H,7,9-11H2,1-2H3,(H,21,24)(H,22,23). The second kappa shape index (κ2) is 7.83. The zero-order chi connectivity index (χ0) is 17.6. The van der Waals surface area contributed by atoms with E-state index < -0.39 is 0 Å². The maximum Gasteiger partial charge on any atom is 0.220 e. The van der Waals surface area contributed by atoms with Crippen molar-refractivity contribution < 1.29 is 9.53 Å². The molecule has 5 nitrogen and oxygen atoms in total. The molecule has 0 aliphatic rings. The lowest BCUT2D eigenvalue weighted by Gasteiger charge is -2.07. The van der Waals surface area contributed by atoms with Gasteiger partial charge in [0.15, 0.2) is 0 Å². The summed E-state index contributed by atoms with van der Waals surface area (Å²) in [5.74, 6) is 1.81. The van der Waals surface area contributed by atoms with Crippen LogP contribution in [0.15, 0.2) is 42.5 Å². The molecule has 1 aromatic heterocycles. The summed E-state index contributed by atoms with van der Waals surface area (Å²) in [6.07, 6.45) is 1.99. The number of H-pyrrole nitrogens is 1. The van der Waals surface area contributed by atoms with Crippen LogP contribution in [0.4, 0.5) is 0 Å². The highest BCUT2D eigenvalue weighted by Gasteiger charge is 2.04. The van der Waals surface area contributed by atoms with E-state index in [0.29, 0.717) is 19.4 Å². The molecule has 0 unspecified atom stereocenters. The number of amides is 1. The number of fused-ring (bicyclic) bond motifs is 1. The first-order valence-electron chi connectivity index (χ1n) is 8.49. The number of nitrogens with one attached hydrogen (secondary N) is 2. The Labute approximate surface area is 147 Å². The van der Waals surface area contributed by atoms with Gasteiger partial charge < -0.3 is 15.0 Å². The third-order valence-electron chi connectivity index (χ3n) is 4.18. The molecule has 0 radical (unpaired) electrons. The van der Waals surface area contributed by atoms with Gasteiger partial charge in [-0.3, -0.25) is 4.79 Å². The van der Waals surface area contributed by atoms with Gasteiger partial charge in [0.1, 0.15) is 11.6 Å². The Hall–Kier alpha value is -2.82. The van der Waals surface area contributed by atoms with Gasteiger partial charge in [0, 0.05) is 13.0 Å². The Morgan fingerprint density at radius 1 is 1.16 bits per heavy atom. The Balaban J connectivity index is 1.45. The molecule has 1 amide bonds. The summed E-state index contributed by atoms with van der Waals surface area (Å²) >= 11 is 0. The highest BCUT2D eigenvalue weighted by molar-refractivity contribution is 5.77. The van der Waals surface area contributed by atoms with Crippen molar-refractivity contribution in [3.8, 4) is 5.75 Å². The number of carbonyl (C=O) groups is 1. The van der Waals surface area contributed by atoms with Gasteiger partial charge in [-0.2, -0.15) is 0 Å². The van der Waals surface area contributed by atoms with Crippen molar-refractivity contribution in [3.05, 3.63) is 59.4 Å². The molecule has 3 aromatic rings. The average molecular weight is 337 g/mol. The summed E-state index contributed by atoms with van der Waals surface area (Å²) < 4.78 is 5.20. The highest BCUT2D eigenvalue weighted by atomic mass is 16.5. The minimum Gasteiger partial charge on any atom is -0.497 e. The fraction of sp³-hybridized carbons (Fsp3) is 0.300. The quantitative estimate of drug-likeness (QED) is 0.696. The number of imidazole rings is 1. The first-order chi connectivity index (χ1) is 12.1. The minimum atomic E-state index is 0.0706. The molecule has 0 aliphatic heterocycles. The fourth-order valence-electron chi connectivity index (χ4n) is 2.86. The number of rotatable bonds is 7. The monoisotopic (exact) mass is 337 g/mol. The van der Waals surface area contributed by atoms with Crippen molar-refractivity contribution in [1.29, 1.82) is 0 Å².